The van der Waals surface area contributed by atoms with Gasteiger partial charge >= 0.3 is 18.0 Å². The fourth-order valence-electron chi connectivity index (χ4n) is 1.52. The minimum atomic E-state index is -1.37. The summed E-state index contributed by atoms with van der Waals surface area (Å²) in [6, 6.07) is -2.08. The number of hydrogen-bond donors (Lipinski definition) is 4. The van der Waals surface area contributed by atoms with E-state index in [0.29, 0.717) is 0 Å². The molecule has 2 amide bonds. The maximum absolute atomic E-state index is 11.6. The van der Waals surface area contributed by atoms with Crippen LogP contribution in [0.3, 0.4) is 0 Å². The van der Waals surface area contributed by atoms with Gasteiger partial charge in [0.1, 0.15) is 12.5 Å². The third-order valence-electron chi connectivity index (χ3n) is 2.29. The van der Waals surface area contributed by atoms with Crippen molar-refractivity contribution < 1.29 is 34.1 Å². The highest BCUT2D eigenvalue weighted by atomic mass is 16.5. The fourth-order valence-corrected chi connectivity index (χ4v) is 1.52. The van der Waals surface area contributed by atoms with Crippen molar-refractivity contribution in [3.05, 3.63) is 0 Å². The van der Waals surface area contributed by atoms with E-state index in [1.54, 1.807) is 0 Å². The van der Waals surface area contributed by atoms with Crippen molar-refractivity contribution in [1.82, 2.24) is 10.6 Å². The minimum Gasteiger partial charge on any atom is -0.481 e. The molecule has 120 valence electrons. The molecule has 0 aromatic heterocycles. The second-order valence-corrected chi connectivity index (χ2v) is 5.59. The van der Waals surface area contributed by atoms with Crippen molar-refractivity contribution in [2.75, 3.05) is 0 Å². The Kier molecular flexibility index (Phi) is 7.18. The first-order chi connectivity index (χ1) is 9.55. The molecule has 0 heterocycles. The van der Waals surface area contributed by atoms with Gasteiger partial charge in [-0.25, -0.2) is 9.59 Å². The smallest absolute Gasteiger partial charge is 0.326 e. The van der Waals surface area contributed by atoms with Crippen molar-refractivity contribution in [2.45, 2.75) is 45.9 Å². The van der Waals surface area contributed by atoms with Gasteiger partial charge in [-0.05, 0) is 11.8 Å². The van der Waals surface area contributed by atoms with Crippen LogP contribution in [-0.2, 0) is 19.1 Å². The van der Waals surface area contributed by atoms with E-state index >= 15 is 0 Å². The Morgan fingerprint density at radius 1 is 1.19 bits per heavy atom. The Morgan fingerprint density at radius 3 is 2.14 bits per heavy atom. The molecule has 0 spiro atoms. The lowest BCUT2D eigenvalue weighted by atomic mass is 9.88. The summed E-state index contributed by atoms with van der Waals surface area (Å²) in [5.74, 6) is -2.50. The highest BCUT2D eigenvalue weighted by molar-refractivity contribution is 5.83. The molecule has 4 N–H and O–H groups in total. The molecule has 0 saturated carbocycles. The van der Waals surface area contributed by atoms with Crippen molar-refractivity contribution in [3.63, 3.8) is 0 Å². The van der Waals surface area contributed by atoms with Crippen LogP contribution >= 0.6 is 0 Å². The number of rotatable bonds is 8. The van der Waals surface area contributed by atoms with Crippen molar-refractivity contribution in [2.24, 2.45) is 5.41 Å². The van der Waals surface area contributed by atoms with Crippen LogP contribution in [0.2, 0.25) is 0 Å². The van der Waals surface area contributed by atoms with Crippen LogP contribution < -0.4 is 10.6 Å². The van der Waals surface area contributed by atoms with E-state index in [-0.39, 0.29) is 18.3 Å². The summed E-state index contributed by atoms with van der Waals surface area (Å²) in [6.45, 7) is 5.43. The fraction of sp³-hybridized carbons (Fsp3) is 0.667. The molecule has 2 atom stereocenters. The SMILES string of the molecule is CC(C)(C)C[C@H](NC(=O)N[C@@H](CC(=O)O)OC=O)C(=O)O. The molecular formula is C12H20N2O7. The third kappa shape index (κ3) is 9.25. The van der Waals surface area contributed by atoms with Crippen molar-refractivity contribution in [1.29, 1.82) is 0 Å². The number of hydrogen-bond acceptors (Lipinski definition) is 5. The summed E-state index contributed by atoms with van der Waals surface area (Å²) < 4.78 is 4.39. The number of nitrogens with one attached hydrogen (secondary N) is 2. The molecular weight excluding hydrogens is 284 g/mol. The number of carboxylic acids is 2. The van der Waals surface area contributed by atoms with Gasteiger partial charge in [0.05, 0.1) is 0 Å². The van der Waals surface area contributed by atoms with Crippen LogP contribution in [-0.4, -0.2) is 46.9 Å². The second-order valence-electron chi connectivity index (χ2n) is 5.59. The van der Waals surface area contributed by atoms with Gasteiger partial charge in [0.2, 0.25) is 0 Å². The number of carbonyl (C=O) groups excluding carboxylic acids is 2. The molecule has 9 nitrogen and oxygen atoms in total. The highest BCUT2D eigenvalue weighted by Crippen LogP contribution is 2.20. The standard InChI is InChI=1S/C12H20N2O7/c1-12(2,3)5-7(10(18)19)13-11(20)14-8(21-6-15)4-9(16)17/h6-8H,4-5H2,1-3H3,(H,16,17)(H,18,19)(H2,13,14,20)/t7-,8+/m0/s1. The lowest BCUT2D eigenvalue weighted by Crippen LogP contribution is -2.51. The molecule has 0 saturated heterocycles. The minimum absolute atomic E-state index is 0.00226. The topological polar surface area (TPSA) is 142 Å². The van der Waals surface area contributed by atoms with Gasteiger partial charge in [0.15, 0.2) is 6.23 Å². The van der Waals surface area contributed by atoms with Gasteiger partial charge in [-0.3, -0.25) is 9.59 Å². The zero-order valence-corrected chi connectivity index (χ0v) is 12.1. The zero-order valence-electron chi connectivity index (χ0n) is 12.1. The molecule has 0 aliphatic carbocycles. The summed E-state index contributed by atoms with van der Waals surface area (Å²) in [7, 11) is 0. The number of aliphatic carboxylic acids is 2. The summed E-state index contributed by atoms with van der Waals surface area (Å²) in [5, 5.41) is 21.9. The first-order valence-corrected chi connectivity index (χ1v) is 6.16. The van der Waals surface area contributed by atoms with E-state index in [1.165, 1.54) is 0 Å². The van der Waals surface area contributed by atoms with E-state index < -0.39 is 36.7 Å². The predicted molar refractivity (Wildman–Crippen MR) is 70.4 cm³/mol. The van der Waals surface area contributed by atoms with Gasteiger partial charge in [-0.1, -0.05) is 20.8 Å². The number of ether oxygens (including phenoxy) is 1. The summed E-state index contributed by atoms with van der Waals surface area (Å²) in [6.07, 6.45) is -1.83. The summed E-state index contributed by atoms with van der Waals surface area (Å²) >= 11 is 0. The summed E-state index contributed by atoms with van der Waals surface area (Å²) in [5.41, 5.74) is -0.337. The largest absolute Gasteiger partial charge is 0.481 e. The Bertz CT molecular complexity index is 403. The molecule has 0 aromatic rings. The second kappa shape index (κ2) is 8.08. The predicted octanol–water partition coefficient (Wildman–Crippen LogP) is 0.149. The zero-order chi connectivity index (χ0) is 16.6. The number of carboxylic acid groups (broad SMARTS) is 2. The lowest BCUT2D eigenvalue weighted by Gasteiger charge is -2.24. The Labute approximate surface area is 121 Å². The monoisotopic (exact) mass is 304 g/mol. The lowest BCUT2D eigenvalue weighted by molar-refractivity contribution is -0.145. The highest BCUT2D eigenvalue weighted by Gasteiger charge is 2.27. The molecule has 0 aliphatic rings. The van der Waals surface area contributed by atoms with E-state index in [9.17, 15) is 19.2 Å². The molecule has 0 aromatic carbocycles. The Balaban J connectivity index is 4.63. The van der Waals surface area contributed by atoms with Gasteiger partial charge in [0, 0.05) is 0 Å². The van der Waals surface area contributed by atoms with Gasteiger partial charge in [0.25, 0.3) is 6.47 Å². The average Bonchev–Trinajstić information content (AvgIpc) is 2.25. The van der Waals surface area contributed by atoms with E-state index in [1.807, 2.05) is 20.8 Å². The molecule has 9 heteroatoms. The van der Waals surface area contributed by atoms with Crippen LogP contribution in [0.25, 0.3) is 0 Å². The Hall–Kier alpha value is -2.32. The van der Waals surface area contributed by atoms with Crippen LogP contribution in [0.5, 0.6) is 0 Å². The van der Waals surface area contributed by atoms with E-state index in [0.717, 1.165) is 0 Å². The quantitative estimate of drug-likeness (QED) is 0.369. The van der Waals surface area contributed by atoms with Gasteiger partial charge in [-0.2, -0.15) is 0 Å². The van der Waals surface area contributed by atoms with Crippen LogP contribution in [0, 0.1) is 5.41 Å². The molecule has 0 fully saturated rings. The van der Waals surface area contributed by atoms with Gasteiger partial charge in [-0.15, -0.1) is 0 Å². The molecule has 0 aliphatic heterocycles. The first kappa shape index (κ1) is 18.7. The number of carbonyl (C=O) groups is 4. The third-order valence-corrected chi connectivity index (χ3v) is 2.29. The maximum atomic E-state index is 11.6. The number of amides is 2. The molecule has 0 rings (SSSR count). The van der Waals surface area contributed by atoms with Crippen LogP contribution in [0.1, 0.15) is 33.6 Å². The summed E-state index contributed by atoms with van der Waals surface area (Å²) in [4.78, 5) is 43.5. The number of urea groups is 1. The molecule has 21 heavy (non-hydrogen) atoms. The maximum Gasteiger partial charge on any atom is 0.326 e. The van der Waals surface area contributed by atoms with Crippen LogP contribution in [0.15, 0.2) is 0 Å². The van der Waals surface area contributed by atoms with Crippen LogP contribution in [0.4, 0.5) is 4.79 Å². The van der Waals surface area contributed by atoms with Gasteiger partial charge < -0.3 is 25.6 Å². The van der Waals surface area contributed by atoms with Crippen molar-refractivity contribution in [3.8, 4) is 0 Å². The molecule has 0 bridgehead atoms. The van der Waals surface area contributed by atoms with Crippen molar-refractivity contribution >= 4 is 24.4 Å². The average molecular weight is 304 g/mol. The first-order valence-electron chi connectivity index (χ1n) is 6.16. The van der Waals surface area contributed by atoms with E-state index in [4.69, 9.17) is 10.2 Å². The Morgan fingerprint density at radius 2 is 1.76 bits per heavy atom. The molecule has 0 unspecified atom stereocenters. The van der Waals surface area contributed by atoms with E-state index in [2.05, 4.69) is 15.4 Å². The molecule has 0 radical (unpaired) electrons. The normalized spacial score (nSPS) is 13.7.